The van der Waals surface area contributed by atoms with Gasteiger partial charge in [0.15, 0.2) is 0 Å². The van der Waals surface area contributed by atoms with Crippen molar-refractivity contribution in [2.45, 2.75) is 33.0 Å². The number of carbonyl (C=O) groups is 1. The summed E-state index contributed by atoms with van der Waals surface area (Å²) in [7, 11) is 1.76. The first kappa shape index (κ1) is 16.7. The van der Waals surface area contributed by atoms with Crippen molar-refractivity contribution in [3.05, 3.63) is 46.9 Å². The molecule has 0 aromatic carbocycles. The molecule has 1 amide bonds. The van der Waals surface area contributed by atoms with E-state index in [2.05, 4.69) is 20.2 Å². The van der Waals surface area contributed by atoms with Gasteiger partial charge >= 0.3 is 0 Å². The highest BCUT2D eigenvalue weighted by atomic mass is 35.5. The number of aryl methyl sites for hydroxylation is 2. The van der Waals surface area contributed by atoms with Gasteiger partial charge in [-0.2, -0.15) is 15.0 Å². The smallest absolute Gasteiger partial charge is 0.271 e. The van der Waals surface area contributed by atoms with E-state index < -0.39 is 0 Å². The maximum absolute atomic E-state index is 13.0. The third-order valence-corrected chi connectivity index (χ3v) is 4.75. The number of rotatable bonds is 3. The van der Waals surface area contributed by atoms with Gasteiger partial charge in [0.2, 0.25) is 5.28 Å². The van der Waals surface area contributed by atoms with Crippen LogP contribution in [0.25, 0.3) is 11.3 Å². The molecule has 0 N–H and O–H groups in total. The number of nitrogens with zero attached hydrogens (tertiary/aromatic N) is 7. The molecular weight excluding hydrogens is 354 g/mol. The largest absolute Gasteiger partial charge is 0.341 e. The maximum Gasteiger partial charge on any atom is 0.271 e. The molecule has 1 aliphatic rings. The molecule has 0 spiro atoms. The van der Waals surface area contributed by atoms with Gasteiger partial charge in [0.25, 0.3) is 5.91 Å². The van der Waals surface area contributed by atoms with E-state index in [9.17, 15) is 4.79 Å². The van der Waals surface area contributed by atoms with Crippen molar-refractivity contribution in [3.63, 3.8) is 0 Å². The lowest BCUT2D eigenvalue weighted by atomic mass is 10.1. The van der Waals surface area contributed by atoms with Gasteiger partial charge in [-0.1, -0.05) is 0 Å². The molecule has 8 nitrogen and oxygen atoms in total. The minimum absolute atomic E-state index is 0.0292. The van der Waals surface area contributed by atoms with E-state index in [1.165, 1.54) is 4.80 Å². The molecule has 0 unspecified atom stereocenters. The van der Waals surface area contributed by atoms with E-state index in [-0.39, 0.29) is 17.2 Å². The fourth-order valence-corrected chi connectivity index (χ4v) is 3.41. The van der Waals surface area contributed by atoms with E-state index in [0.29, 0.717) is 18.8 Å². The summed E-state index contributed by atoms with van der Waals surface area (Å²) in [4.78, 5) is 24.7. The Hall–Kier alpha value is -2.74. The van der Waals surface area contributed by atoms with E-state index in [0.717, 1.165) is 22.5 Å². The van der Waals surface area contributed by atoms with Crippen molar-refractivity contribution >= 4 is 17.5 Å². The second kappa shape index (κ2) is 6.21. The average molecular weight is 372 g/mol. The molecule has 3 aromatic rings. The minimum atomic E-state index is -0.0292. The highest BCUT2D eigenvalue weighted by molar-refractivity contribution is 6.28. The van der Waals surface area contributed by atoms with E-state index in [4.69, 9.17) is 11.6 Å². The number of halogens is 1. The van der Waals surface area contributed by atoms with Crippen LogP contribution in [0, 0.1) is 6.92 Å². The van der Waals surface area contributed by atoms with Gasteiger partial charge in [-0.25, -0.2) is 9.97 Å². The Bertz CT molecular complexity index is 993. The maximum atomic E-state index is 13.0. The molecule has 1 aliphatic heterocycles. The molecular formula is C17H18ClN7O. The van der Waals surface area contributed by atoms with Gasteiger partial charge in [-0.3, -0.25) is 4.79 Å². The Morgan fingerprint density at radius 2 is 2.15 bits per heavy atom. The first-order chi connectivity index (χ1) is 12.4. The van der Waals surface area contributed by atoms with Crippen molar-refractivity contribution in [1.82, 2.24) is 34.4 Å². The van der Waals surface area contributed by atoms with Gasteiger partial charge in [-0.15, -0.1) is 0 Å². The first-order valence-corrected chi connectivity index (χ1v) is 8.66. The minimum Gasteiger partial charge on any atom is -0.341 e. The first-order valence-electron chi connectivity index (χ1n) is 8.28. The van der Waals surface area contributed by atoms with Gasteiger partial charge in [-0.05, 0) is 37.1 Å². The Morgan fingerprint density at radius 1 is 1.35 bits per heavy atom. The number of amides is 1. The number of fused-ring (bicyclic) bond motifs is 1. The topological polar surface area (TPSA) is 81.7 Å². The van der Waals surface area contributed by atoms with Crippen LogP contribution in [0.3, 0.4) is 0 Å². The molecule has 0 saturated carbocycles. The Morgan fingerprint density at radius 3 is 2.88 bits per heavy atom. The summed E-state index contributed by atoms with van der Waals surface area (Å²) >= 11 is 5.94. The highest BCUT2D eigenvalue weighted by Crippen LogP contribution is 2.28. The molecule has 4 heterocycles. The van der Waals surface area contributed by atoms with Crippen LogP contribution in [0.4, 0.5) is 0 Å². The van der Waals surface area contributed by atoms with Crippen LogP contribution in [0.2, 0.25) is 5.28 Å². The van der Waals surface area contributed by atoms with E-state index in [1.807, 2.05) is 35.6 Å². The van der Waals surface area contributed by atoms with Gasteiger partial charge in [0, 0.05) is 37.6 Å². The molecule has 4 rings (SSSR count). The van der Waals surface area contributed by atoms with Crippen LogP contribution in [0.1, 0.15) is 28.7 Å². The molecule has 0 radical (unpaired) electrons. The lowest BCUT2D eigenvalue weighted by Gasteiger charge is -2.33. The molecule has 0 aliphatic carbocycles. The zero-order valence-electron chi connectivity index (χ0n) is 14.7. The molecule has 0 bridgehead atoms. The Balaban J connectivity index is 1.68. The number of carbonyl (C=O) groups excluding carboxylic acids is 1. The molecule has 0 saturated heterocycles. The quantitative estimate of drug-likeness (QED) is 0.658. The Labute approximate surface area is 155 Å². The fraction of sp³-hybridized carbons (Fsp3) is 0.353. The second-order valence-electron chi connectivity index (χ2n) is 6.54. The SMILES string of the molecule is Cc1cnc(Cl)nc1-c1cc2n(c1)C[C@H](C)N(Cc1cnn(C)n1)C2=O. The lowest BCUT2D eigenvalue weighted by Crippen LogP contribution is -2.45. The van der Waals surface area contributed by atoms with Gasteiger partial charge in [0.05, 0.1) is 18.4 Å². The summed E-state index contributed by atoms with van der Waals surface area (Å²) in [6.07, 6.45) is 5.33. The molecule has 1 atom stereocenters. The average Bonchev–Trinajstić information content (AvgIpc) is 3.20. The number of hydrogen-bond donors (Lipinski definition) is 0. The predicted molar refractivity (Wildman–Crippen MR) is 95.5 cm³/mol. The molecule has 3 aromatic heterocycles. The van der Waals surface area contributed by atoms with Crippen LogP contribution in [-0.2, 0) is 20.1 Å². The van der Waals surface area contributed by atoms with Crippen LogP contribution in [-0.4, -0.2) is 46.4 Å². The molecule has 0 fully saturated rings. The van der Waals surface area contributed by atoms with Crippen molar-refractivity contribution in [1.29, 1.82) is 0 Å². The second-order valence-corrected chi connectivity index (χ2v) is 6.88. The zero-order chi connectivity index (χ0) is 18.4. The van der Waals surface area contributed by atoms with Crippen LogP contribution in [0.15, 0.2) is 24.7 Å². The van der Waals surface area contributed by atoms with E-state index >= 15 is 0 Å². The molecule has 134 valence electrons. The van der Waals surface area contributed by atoms with Crippen LogP contribution >= 0.6 is 11.6 Å². The summed E-state index contributed by atoms with van der Waals surface area (Å²) in [5.41, 5.74) is 3.92. The Kier molecular flexibility index (Phi) is 3.99. The normalized spacial score (nSPS) is 16.8. The lowest BCUT2D eigenvalue weighted by molar-refractivity contribution is 0.0592. The summed E-state index contributed by atoms with van der Waals surface area (Å²) in [6, 6.07) is 1.91. The highest BCUT2D eigenvalue weighted by Gasteiger charge is 2.31. The summed E-state index contributed by atoms with van der Waals surface area (Å²) in [5, 5.41) is 8.54. The zero-order valence-corrected chi connectivity index (χ0v) is 15.5. The van der Waals surface area contributed by atoms with Crippen molar-refractivity contribution in [2.24, 2.45) is 7.05 Å². The van der Waals surface area contributed by atoms with Gasteiger partial charge < -0.3 is 9.47 Å². The summed E-state index contributed by atoms with van der Waals surface area (Å²) in [5.74, 6) is -0.0292. The monoisotopic (exact) mass is 371 g/mol. The summed E-state index contributed by atoms with van der Waals surface area (Å²) < 4.78 is 1.98. The van der Waals surface area contributed by atoms with Gasteiger partial charge in [0.1, 0.15) is 11.4 Å². The third-order valence-electron chi connectivity index (χ3n) is 4.56. The third kappa shape index (κ3) is 2.86. The van der Waals surface area contributed by atoms with E-state index in [1.54, 1.807) is 19.4 Å². The molecule has 26 heavy (non-hydrogen) atoms. The predicted octanol–water partition coefficient (Wildman–Crippen LogP) is 2.08. The summed E-state index contributed by atoms with van der Waals surface area (Å²) in [6.45, 7) is 5.10. The molecule has 9 heteroatoms. The standard InChI is InChI=1S/C17H18ClN7O/c1-10-5-19-17(18)21-15(10)12-4-14-16(26)25(11(2)7-24(14)8-12)9-13-6-20-23(3)22-13/h4-6,8,11H,7,9H2,1-3H3/t11-/m0/s1. The number of aromatic nitrogens is 6. The van der Waals surface area contributed by atoms with Crippen LogP contribution < -0.4 is 0 Å². The van der Waals surface area contributed by atoms with Crippen molar-refractivity contribution < 1.29 is 4.79 Å². The fourth-order valence-electron chi connectivity index (χ4n) is 3.28. The number of hydrogen-bond acceptors (Lipinski definition) is 5. The van der Waals surface area contributed by atoms with Crippen molar-refractivity contribution in [2.75, 3.05) is 0 Å². The van der Waals surface area contributed by atoms with Crippen molar-refractivity contribution in [3.8, 4) is 11.3 Å². The van der Waals surface area contributed by atoms with Crippen LogP contribution in [0.5, 0.6) is 0 Å².